The molecule has 1 unspecified atom stereocenters. The van der Waals surface area contributed by atoms with Crippen molar-refractivity contribution in [3.63, 3.8) is 0 Å². The molecule has 0 aromatic heterocycles. The summed E-state index contributed by atoms with van der Waals surface area (Å²) in [5.74, 6) is -1.14. The first-order chi connectivity index (χ1) is 9.31. The van der Waals surface area contributed by atoms with E-state index in [9.17, 15) is 14.4 Å². The zero-order valence-corrected chi connectivity index (χ0v) is 12.1. The molecule has 0 bridgehead atoms. The smallest absolute Gasteiger partial charge is 0.255 e. The number of benzene rings is 1. The van der Waals surface area contributed by atoms with Crippen LogP contribution in [0.15, 0.2) is 12.1 Å². The third-order valence-electron chi connectivity index (χ3n) is 3.58. The molecule has 2 rings (SSSR count). The highest BCUT2D eigenvalue weighted by Crippen LogP contribution is 2.20. The average molecular weight is 274 g/mol. The number of imide groups is 1. The molecule has 1 saturated heterocycles. The Morgan fingerprint density at radius 1 is 1.20 bits per heavy atom. The van der Waals surface area contributed by atoms with Crippen LogP contribution in [0.3, 0.4) is 0 Å². The Kier molecular flexibility index (Phi) is 3.61. The highest BCUT2D eigenvalue weighted by Gasteiger charge is 2.34. The van der Waals surface area contributed by atoms with Gasteiger partial charge in [0.15, 0.2) is 0 Å². The zero-order chi connectivity index (χ0) is 15.0. The lowest BCUT2D eigenvalue weighted by Crippen LogP contribution is -2.58. The molecule has 1 aliphatic heterocycles. The van der Waals surface area contributed by atoms with Gasteiger partial charge in [0.2, 0.25) is 11.8 Å². The van der Waals surface area contributed by atoms with Crippen LogP contribution in [0.25, 0.3) is 0 Å². The second kappa shape index (κ2) is 5.07. The van der Waals surface area contributed by atoms with Gasteiger partial charge in [0.1, 0.15) is 12.6 Å². The summed E-state index contributed by atoms with van der Waals surface area (Å²) in [5.41, 5.74) is 3.37. The highest BCUT2D eigenvalue weighted by atomic mass is 16.2. The van der Waals surface area contributed by atoms with Crippen LogP contribution < -0.4 is 5.32 Å². The van der Waals surface area contributed by atoms with E-state index in [4.69, 9.17) is 0 Å². The lowest BCUT2D eigenvalue weighted by atomic mass is 9.98. The van der Waals surface area contributed by atoms with Crippen LogP contribution in [0.1, 0.15) is 34.0 Å². The van der Waals surface area contributed by atoms with Gasteiger partial charge in [-0.1, -0.05) is 17.7 Å². The number of hydrogen-bond acceptors (Lipinski definition) is 3. The zero-order valence-electron chi connectivity index (χ0n) is 12.1. The molecule has 1 N–H and O–H groups in total. The summed E-state index contributed by atoms with van der Waals surface area (Å²) in [7, 11) is 0. The molecule has 0 radical (unpaired) electrons. The van der Waals surface area contributed by atoms with Crippen molar-refractivity contribution in [1.29, 1.82) is 0 Å². The first-order valence-electron chi connectivity index (χ1n) is 6.53. The lowest BCUT2D eigenvalue weighted by molar-refractivity contribution is -0.138. The second-order valence-electron chi connectivity index (χ2n) is 5.30. The Bertz CT molecular complexity index is 584. The lowest BCUT2D eigenvalue weighted by Gasteiger charge is -2.32. The number of carbonyl (C=O) groups excluding carboxylic acids is 3. The molecule has 5 heteroatoms. The molecular weight excluding hydrogens is 256 g/mol. The SMILES string of the molecule is Cc1cc(C)c(C(=O)N2CC(=O)NC(=O)C2C)c(C)c1. The van der Waals surface area contributed by atoms with Gasteiger partial charge in [-0.2, -0.15) is 0 Å². The van der Waals surface area contributed by atoms with E-state index in [1.807, 2.05) is 32.9 Å². The third kappa shape index (κ3) is 2.43. The predicted octanol–water partition coefficient (Wildman–Crippen LogP) is 1.10. The molecule has 20 heavy (non-hydrogen) atoms. The van der Waals surface area contributed by atoms with Gasteiger partial charge in [-0.3, -0.25) is 19.7 Å². The van der Waals surface area contributed by atoms with Crippen molar-refractivity contribution in [3.8, 4) is 0 Å². The number of nitrogens with zero attached hydrogens (tertiary/aromatic N) is 1. The summed E-state index contributed by atoms with van der Waals surface area (Å²) in [6.45, 7) is 7.24. The van der Waals surface area contributed by atoms with Gasteiger partial charge in [-0.05, 0) is 38.8 Å². The molecule has 0 spiro atoms. The monoisotopic (exact) mass is 274 g/mol. The molecular formula is C15H18N2O3. The Labute approximate surface area is 118 Å². The molecule has 3 amide bonds. The normalized spacial score (nSPS) is 19.0. The van der Waals surface area contributed by atoms with Crippen molar-refractivity contribution < 1.29 is 14.4 Å². The minimum atomic E-state index is -0.639. The third-order valence-corrected chi connectivity index (χ3v) is 3.58. The molecule has 5 nitrogen and oxygen atoms in total. The topological polar surface area (TPSA) is 66.5 Å². The molecule has 106 valence electrons. The molecule has 1 aromatic rings. The van der Waals surface area contributed by atoms with Crippen molar-refractivity contribution in [3.05, 3.63) is 34.4 Å². The number of hydrogen-bond donors (Lipinski definition) is 1. The molecule has 0 saturated carbocycles. The van der Waals surface area contributed by atoms with Gasteiger partial charge >= 0.3 is 0 Å². The average Bonchev–Trinajstić information content (AvgIpc) is 2.32. The van der Waals surface area contributed by atoms with Crippen molar-refractivity contribution in [2.24, 2.45) is 0 Å². The van der Waals surface area contributed by atoms with Crippen LogP contribution in [0.2, 0.25) is 0 Å². The quantitative estimate of drug-likeness (QED) is 0.780. The van der Waals surface area contributed by atoms with Crippen LogP contribution in [0.4, 0.5) is 0 Å². The van der Waals surface area contributed by atoms with E-state index in [1.54, 1.807) is 6.92 Å². The van der Waals surface area contributed by atoms with Crippen molar-refractivity contribution in [2.75, 3.05) is 6.54 Å². The number of carbonyl (C=O) groups is 3. The summed E-state index contributed by atoms with van der Waals surface area (Å²) in [5, 5.41) is 2.23. The fourth-order valence-electron chi connectivity index (χ4n) is 2.62. The Balaban J connectivity index is 2.41. The Morgan fingerprint density at radius 2 is 1.75 bits per heavy atom. The van der Waals surface area contributed by atoms with E-state index in [0.29, 0.717) is 5.56 Å². The summed E-state index contributed by atoms with van der Waals surface area (Å²) in [6.07, 6.45) is 0. The van der Waals surface area contributed by atoms with Gasteiger partial charge < -0.3 is 4.90 Å². The predicted molar refractivity (Wildman–Crippen MR) is 74.3 cm³/mol. The largest absolute Gasteiger partial charge is 0.318 e. The molecule has 1 aliphatic rings. The van der Waals surface area contributed by atoms with E-state index < -0.39 is 17.9 Å². The summed E-state index contributed by atoms with van der Waals surface area (Å²) >= 11 is 0. The number of rotatable bonds is 1. The molecule has 0 aliphatic carbocycles. The maximum atomic E-state index is 12.6. The fourth-order valence-corrected chi connectivity index (χ4v) is 2.62. The van der Waals surface area contributed by atoms with Crippen LogP contribution in [0, 0.1) is 20.8 Å². The minimum Gasteiger partial charge on any atom is -0.318 e. The fraction of sp³-hybridized carbons (Fsp3) is 0.400. The van der Waals surface area contributed by atoms with Crippen LogP contribution in [0.5, 0.6) is 0 Å². The van der Waals surface area contributed by atoms with Crippen LogP contribution in [-0.4, -0.2) is 35.2 Å². The molecule has 1 heterocycles. The van der Waals surface area contributed by atoms with Gasteiger partial charge in [0, 0.05) is 5.56 Å². The Morgan fingerprint density at radius 3 is 2.30 bits per heavy atom. The minimum absolute atomic E-state index is 0.0848. The summed E-state index contributed by atoms with van der Waals surface area (Å²) in [6, 6.07) is 3.22. The summed E-state index contributed by atoms with van der Waals surface area (Å²) < 4.78 is 0. The second-order valence-corrected chi connectivity index (χ2v) is 5.30. The van der Waals surface area contributed by atoms with Crippen LogP contribution >= 0.6 is 0 Å². The van der Waals surface area contributed by atoms with Gasteiger partial charge in [-0.15, -0.1) is 0 Å². The van der Waals surface area contributed by atoms with Crippen molar-refractivity contribution >= 4 is 17.7 Å². The van der Waals surface area contributed by atoms with Gasteiger partial charge in [0.25, 0.3) is 5.91 Å². The van der Waals surface area contributed by atoms with Gasteiger partial charge in [0.05, 0.1) is 0 Å². The van der Waals surface area contributed by atoms with Crippen molar-refractivity contribution in [1.82, 2.24) is 10.2 Å². The number of amides is 3. The molecule has 1 atom stereocenters. The molecule has 1 aromatic carbocycles. The summed E-state index contributed by atoms with van der Waals surface area (Å²) in [4.78, 5) is 37.1. The highest BCUT2D eigenvalue weighted by molar-refractivity contribution is 6.07. The van der Waals surface area contributed by atoms with E-state index in [0.717, 1.165) is 16.7 Å². The van der Waals surface area contributed by atoms with Crippen molar-refractivity contribution in [2.45, 2.75) is 33.7 Å². The standard InChI is InChI=1S/C15H18N2O3/c1-8-5-9(2)13(10(3)6-8)15(20)17-7-12(18)16-14(19)11(17)4/h5-6,11H,7H2,1-4H3,(H,16,18,19). The number of piperazine rings is 1. The maximum absolute atomic E-state index is 12.6. The van der Waals surface area contributed by atoms with Gasteiger partial charge in [-0.25, -0.2) is 0 Å². The van der Waals surface area contributed by atoms with E-state index in [2.05, 4.69) is 5.32 Å². The Hall–Kier alpha value is -2.17. The van der Waals surface area contributed by atoms with Crippen LogP contribution in [-0.2, 0) is 9.59 Å². The number of nitrogens with one attached hydrogen (secondary N) is 1. The first-order valence-corrected chi connectivity index (χ1v) is 6.53. The first kappa shape index (κ1) is 14.2. The van der Waals surface area contributed by atoms with E-state index in [-0.39, 0.29) is 12.5 Å². The number of aryl methyl sites for hydroxylation is 3. The maximum Gasteiger partial charge on any atom is 0.255 e. The van der Waals surface area contributed by atoms with E-state index in [1.165, 1.54) is 4.90 Å². The molecule has 1 fully saturated rings. The van der Waals surface area contributed by atoms with E-state index >= 15 is 0 Å².